The SMILES string of the molecule is CCN1CCN(c2cccc3c2CN(C(CCCn2cc(C)nc2C)c2ccc(OC)c(OC)c2)C3=O)CC1. The maximum absolute atomic E-state index is 13.9. The predicted molar refractivity (Wildman–Crippen MR) is 154 cm³/mol. The van der Waals surface area contributed by atoms with Gasteiger partial charge in [0, 0.05) is 62.3 Å². The molecule has 0 bridgehead atoms. The van der Waals surface area contributed by atoms with E-state index in [1.807, 2.05) is 38.1 Å². The molecule has 1 unspecified atom stereocenters. The third-order valence-corrected chi connectivity index (χ3v) is 8.27. The summed E-state index contributed by atoms with van der Waals surface area (Å²) >= 11 is 0. The standard InChI is InChI=1S/C31H41N5O3/c1-6-33-15-17-34(18-16-33)28-10-7-9-25-26(28)21-36(31(25)37)27(11-8-14-35-20-22(2)32-23(35)3)24-12-13-29(38-4)30(19-24)39-5/h7,9-10,12-13,19-20,27H,6,8,11,14-18,21H2,1-5H3. The molecular formula is C31H41N5O3. The third-order valence-electron chi connectivity index (χ3n) is 8.27. The monoisotopic (exact) mass is 531 g/mol. The molecule has 0 saturated carbocycles. The first-order chi connectivity index (χ1) is 18.9. The van der Waals surface area contributed by atoms with Crippen LogP contribution in [0.15, 0.2) is 42.6 Å². The number of benzene rings is 2. The maximum Gasteiger partial charge on any atom is 0.255 e. The zero-order valence-corrected chi connectivity index (χ0v) is 23.9. The Hall–Kier alpha value is -3.52. The number of ether oxygens (including phenoxy) is 2. The molecule has 2 aromatic carbocycles. The van der Waals surface area contributed by atoms with Crippen molar-refractivity contribution in [2.45, 2.75) is 52.7 Å². The molecule has 1 aromatic heterocycles. The van der Waals surface area contributed by atoms with Crippen LogP contribution >= 0.6 is 0 Å². The number of piperazine rings is 1. The molecule has 2 aliphatic rings. The van der Waals surface area contributed by atoms with Crippen LogP contribution in [-0.2, 0) is 13.1 Å². The highest BCUT2D eigenvalue weighted by Gasteiger charge is 2.36. The molecule has 5 rings (SSSR count). The van der Waals surface area contributed by atoms with E-state index in [4.69, 9.17) is 9.47 Å². The van der Waals surface area contributed by atoms with Crippen molar-refractivity contribution in [2.24, 2.45) is 0 Å². The van der Waals surface area contributed by atoms with E-state index in [2.05, 4.69) is 49.5 Å². The summed E-state index contributed by atoms with van der Waals surface area (Å²) in [5.41, 5.74) is 5.28. The van der Waals surface area contributed by atoms with Crippen LogP contribution in [0, 0.1) is 13.8 Å². The van der Waals surface area contributed by atoms with Crippen LogP contribution in [0.2, 0.25) is 0 Å². The van der Waals surface area contributed by atoms with Crippen LogP contribution in [0.3, 0.4) is 0 Å². The minimum atomic E-state index is -0.0839. The number of aryl methyl sites for hydroxylation is 3. The van der Waals surface area contributed by atoms with Gasteiger partial charge in [-0.05, 0) is 63.1 Å². The van der Waals surface area contributed by atoms with Gasteiger partial charge in [0.15, 0.2) is 11.5 Å². The summed E-state index contributed by atoms with van der Waals surface area (Å²) < 4.78 is 13.3. The Kier molecular flexibility index (Phi) is 8.12. The first kappa shape index (κ1) is 27.1. The number of anilines is 1. The summed E-state index contributed by atoms with van der Waals surface area (Å²) in [4.78, 5) is 25.5. The molecule has 8 heteroatoms. The zero-order valence-electron chi connectivity index (χ0n) is 23.9. The first-order valence-corrected chi connectivity index (χ1v) is 14.1. The van der Waals surface area contributed by atoms with Crippen molar-refractivity contribution in [3.63, 3.8) is 0 Å². The topological polar surface area (TPSA) is 63.1 Å². The Balaban J connectivity index is 1.43. The number of aromatic nitrogens is 2. The number of nitrogens with zero attached hydrogens (tertiary/aromatic N) is 5. The van der Waals surface area contributed by atoms with E-state index in [9.17, 15) is 4.79 Å². The third kappa shape index (κ3) is 5.48. The molecule has 0 spiro atoms. The van der Waals surface area contributed by atoms with Crippen LogP contribution < -0.4 is 14.4 Å². The average molecular weight is 532 g/mol. The summed E-state index contributed by atoms with van der Waals surface area (Å²) in [5.74, 6) is 2.50. The van der Waals surface area contributed by atoms with Crippen LogP contribution in [0.1, 0.15) is 58.8 Å². The van der Waals surface area contributed by atoms with Gasteiger partial charge in [-0.1, -0.05) is 19.1 Å². The number of hydrogen-bond acceptors (Lipinski definition) is 6. The minimum Gasteiger partial charge on any atom is -0.493 e. The number of carbonyl (C=O) groups is 1. The summed E-state index contributed by atoms with van der Waals surface area (Å²) in [6.45, 7) is 12.9. The molecule has 2 aliphatic heterocycles. The van der Waals surface area contributed by atoms with Gasteiger partial charge in [-0.15, -0.1) is 0 Å². The number of fused-ring (bicyclic) bond motifs is 1. The van der Waals surface area contributed by atoms with E-state index in [-0.39, 0.29) is 11.9 Å². The van der Waals surface area contributed by atoms with Crippen molar-refractivity contribution < 1.29 is 14.3 Å². The minimum absolute atomic E-state index is 0.0839. The Morgan fingerprint density at radius 3 is 2.44 bits per heavy atom. The molecule has 3 aromatic rings. The van der Waals surface area contributed by atoms with E-state index in [1.54, 1.807) is 14.2 Å². The Bertz CT molecular complexity index is 1310. The van der Waals surface area contributed by atoms with E-state index in [1.165, 1.54) is 5.69 Å². The number of imidazole rings is 1. The fourth-order valence-corrected chi connectivity index (χ4v) is 6.10. The number of rotatable bonds is 10. The lowest BCUT2D eigenvalue weighted by Gasteiger charge is -2.36. The highest BCUT2D eigenvalue weighted by molar-refractivity contribution is 6.00. The van der Waals surface area contributed by atoms with Gasteiger partial charge >= 0.3 is 0 Å². The van der Waals surface area contributed by atoms with Crippen molar-refractivity contribution in [1.29, 1.82) is 0 Å². The molecule has 208 valence electrons. The fourth-order valence-electron chi connectivity index (χ4n) is 6.10. The average Bonchev–Trinajstić information content (AvgIpc) is 3.47. The zero-order chi connectivity index (χ0) is 27.5. The second-order valence-corrected chi connectivity index (χ2v) is 10.6. The lowest BCUT2D eigenvalue weighted by atomic mass is 9.99. The molecule has 0 aliphatic carbocycles. The smallest absolute Gasteiger partial charge is 0.255 e. The number of amides is 1. The van der Waals surface area contributed by atoms with E-state index < -0.39 is 0 Å². The largest absolute Gasteiger partial charge is 0.493 e. The van der Waals surface area contributed by atoms with E-state index >= 15 is 0 Å². The van der Waals surface area contributed by atoms with Gasteiger partial charge in [0.25, 0.3) is 5.91 Å². The van der Waals surface area contributed by atoms with E-state index in [0.29, 0.717) is 18.0 Å². The number of carbonyl (C=O) groups excluding carboxylic acids is 1. The van der Waals surface area contributed by atoms with Gasteiger partial charge in [0.1, 0.15) is 5.82 Å². The van der Waals surface area contributed by atoms with Crippen molar-refractivity contribution in [3.8, 4) is 11.5 Å². The van der Waals surface area contributed by atoms with Gasteiger partial charge in [0.2, 0.25) is 0 Å². The highest BCUT2D eigenvalue weighted by Crippen LogP contribution is 2.40. The lowest BCUT2D eigenvalue weighted by Crippen LogP contribution is -2.46. The van der Waals surface area contributed by atoms with Crippen LogP contribution in [0.4, 0.5) is 5.69 Å². The van der Waals surface area contributed by atoms with Crippen molar-refractivity contribution >= 4 is 11.6 Å². The summed E-state index contributed by atoms with van der Waals surface area (Å²) in [5, 5.41) is 0. The summed E-state index contributed by atoms with van der Waals surface area (Å²) in [6.07, 6.45) is 3.85. The maximum atomic E-state index is 13.9. The number of likely N-dealkylation sites (N-methyl/N-ethyl adjacent to an activating group) is 1. The summed E-state index contributed by atoms with van der Waals surface area (Å²) in [7, 11) is 3.30. The second-order valence-electron chi connectivity index (χ2n) is 10.6. The number of hydrogen-bond donors (Lipinski definition) is 0. The quantitative estimate of drug-likeness (QED) is 0.373. The van der Waals surface area contributed by atoms with Gasteiger partial charge in [-0.25, -0.2) is 4.98 Å². The second kappa shape index (κ2) is 11.7. The van der Waals surface area contributed by atoms with Crippen LogP contribution in [0.5, 0.6) is 11.5 Å². The van der Waals surface area contributed by atoms with Crippen LogP contribution in [-0.4, -0.2) is 72.2 Å². The molecule has 3 heterocycles. The lowest BCUT2D eigenvalue weighted by molar-refractivity contribution is 0.0687. The molecule has 1 saturated heterocycles. The highest BCUT2D eigenvalue weighted by atomic mass is 16.5. The van der Waals surface area contributed by atoms with Gasteiger partial charge in [-0.3, -0.25) is 4.79 Å². The molecule has 1 atom stereocenters. The van der Waals surface area contributed by atoms with Gasteiger partial charge in [-0.2, -0.15) is 0 Å². The number of methoxy groups -OCH3 is 2. The van der Waals surface area contributed by atoms with Crippen LogP contribution in [0.25, 0.3) is 0 Å². The fraction of sp³-hybridized carbons (Fsp3) is 0.484. The van der Waals surface area contributed by atoms with Crippen molar-refractivity contribution in [1.82, 2.24) is 19.4 Å². The molecular weight excluding hydrogens is 490 g/mol. The van der Waals surface area contributed by atoms with Gasteiger partial charge < -0.3 is 28.7 Å². The Labute approximate surface area is 232 Å². The molecule has 1 fully saturated rings. The molecule has 1 amide bonds. The Morgan fingerprint density at radius 2 is 1.77 bits per heavy atom. The predicted octanol–water partition coefficient (Wildman–Crippen LogP) is 4.84. The Morgan fingerprint density at radius 1 is 1.00 bits per heavy atom. The van der Waals surface area contributed by atoms with E-state index in [0.717, 1.165) is 80.3 Å². The first-order valence-electron chi connectivity index (χ1n) is 14.1. The molecule has 39 heavy (non-hydrogen) atoms. The molecule has 0 radical (unpaired) electrons. The molecule has 0 N–H and O–H groups in total. The van der Waals surface area contributed by atoms with Gasteiger partial charge in [0.05, 0.1) is 26.0 Å². The summed E-state index contributed by atoms with van der Waals surface area (Å²) in [6, 6.07) is 12.2. The van der Waals surface area contributed by atoms with Crippen molar-refractivity contribution in [2.75, 3.05) is 51.8 Å². The van der Waals surface area contributed by atoms with Crippen molar-refractivity contribution in [3.05, 3.63) is 70.8 Å². The normalized spacial score (nSPS) is 16.5. The molecule has 8 nitrogen and oxygen atoms in total.